The van der Waals surface area contributed by atoms with Crippen LogP contribution >= 0.6 is 0 Å². The minimum Gasteiger partial charge on any atom is -0.356 e. The van der Waals surface area contributed by atoms with Crippen LogP contribution in [0.5, 0.6) is 0 Å². The van der Waals surface area contributed by atoms with Crippen molar-refractivity contribution in [2.45, 2.75) is 64.4 Å². The molecule has 3 fully saturated rings. The Morgan fingerprint density at radius 2 is 1.92 bits per heavy atom. The molecule has 2 unspecified atom stereocenters. The average molecular weight is 555 g/mol. The van der Waals surface area contributed by atoms with Crippen LogP contribution in [0, 0.1) is 51.9 Å². The summed E-state index contributed by atoms with van der Waals surface area (Å²) in [6, 6.07) is 10.7. The van der Waals surface area contributed by atoms with Gasteiger partial charge in [0.05, 0.1) is 10.3 Å². The van der Waals surface area contributed by atoms with Crippen LogP contribution in [0.25, 0.3) is 4.25 Å². The lowest BCUT2D eigenvalue weighted by atomic mass is 9.80. The second-order valence-corrected chi connectivity index (χ2v) is 14.0. The van der Waals surface area contributed by atoms with Crippen LogP contribution in [-0.4, -0.2) is 56.2 Å². The van der Waals surface area contributed by atoms with E-state index in [-0.39, 0.29) is 40.4 Å². The molecule has 11 heteroatoms. The first-order valence-electron chi connectivity index (χ1n) is 13.2. The molecular formula is C28H36N5O5S+. The molecule has 208 valence electrons. The lowest BCUT2D eigenvalue weighted by Crippen LogP contribution is -2.54. The number of fused-ring (bicyclic) bond motifs is 1. The van der Waals surface area contributed by atoms with Gasteiger partial charge in [-0.25, -0.2) is 0 Å². The van der Waals surface area contributed by atoms with Crippen LogP contribution < -0.4 is 10.6 Å². The molecule has 1 aromatic carbocycles. The number of nitrogens with one attached hydrogen (secondary N) is 2. The van der Waals surface area contributed by atoms with Gasteiger partial charge in [0, 0.05) is 19.0 Å². The number of carbonyl (C=O) groups excluding carboxylic acids is 3. The van der Waals surface area contributed by atoms with Gasteiger partial charge in [0.25, 0.3) is 0 Å². The molecule has 0 radical (unpaired) electrons. The Hall–Kier alpha value is -3.44. The molecular weight excluding hydrogens is 518 g/mol. The Kier molecular flexibility index (Phi) is 7.52. The molecule has 0 spiro atoms. The number of hydrogen-bond donors (Lipinski definition) is 2. The van der Waals surface area contributed by atoms with Gasteiger partial charge in [-0.1, -0.05) is 52.8 Å². The van der Waals surface area contributed by atoms with E-state index in [0.717, 1.165) is 0 Å². The third-order valence-corrected chi connectivity index (χ3v) is 9.59. The Bertz CT molecular complexity index is 1370. The van der Waals surface area contributed by atoms with E-state index in [1.54, 1.807) is 39.0 Å². The van der Waals surface area contributed by atoms with Gasteiger partial charge < -0.3 is 15.5 Å². The fraction of sp³-hybridized carbons (Fsp3) is 0.607. The van der Waals surface area contributed by atoms with E-state index in [2.05, 4.69) is 40.9 Å². The van der Waals surface area contributed by atoms with E-state index in [9.17, 15) is 28.1 Å². The highest BCUT2D eigenvalue weighted by Crippen LogP contribution is 2.65. The maximum Gasteiger partial charge on any atom is 0.510 e. The van der Waals surface area contributed by atoms with Gasteiger partial charge in [0.1, 0.15) is 12.1 Å². The molecule has 0 bridgehead atoms. The molecule has 3 amide bonds. The summed E-state index contributed by atoms with van der Waals surface area (Å²) < 4.78 is 29.3. The molecule has 4 rings (SSSR count). The molecule has 10 nitrogen and oxygen atoms in total. The highest BCUT2D eigenvalue weighted by molar-refractivity contribution is 7.93. The van der Waals surface area contributed by atoms with Gasteiger partial charge in [-0.05, 0) is 47.6 Å². The number of hydrogen-bond acceptors (Lipinski definition) is 6. The van der Waals surface area contributed by atoms with Crippen LogP contribution in [0.1, 0.15) is 47.5 Å². The summed E-state index contributed by atoms with van der Waals surface area (Å²) in [6.07, 6.45) is 0.807. The van der Waals surface area contributed by atoms with Crippen LogP contribution in [0.3, 0.4) is 0 Å². The zero-order valence-corrected chi connectivity index (χ0v) is 23.8. The van der Waals surface area contributed by atoms with Gasteiger partial charge >= 0.3 is 16.1 Å². The third kappa shape index (κ3) is 5.65. The summed E-state index contributed by atoms with van der Waals surface area (Å²) in [6.45, 7) is 10.4. The van der Waals surface area contributed by atoms with Crippen molar-refractivity contribution in [1.82, 2.24) is 15.5 Å². The lowest BCUT2D eigenvalue weighted by molar-refractivity contribution is -0.144. The van der Waals surface area contributed by atoms with E-state index in [1.807, 2.05) is 0 Å². The normalized spacial score (nSPS) is 26.8. The average Bonchev–Trinajstić information content (AvgIpc) is 3.20. The number of nitrogens with zero attached hydrogens (tertiary/aromatic N) is 3. The van der Waals surface area contributed by atoms with Crippen molar-refractivity contribution in [3.8, 4) is 12.1 Å². The smallest absolute Gasteiger partial charge is 0.356 e. The second kappa shape index (κ2) is 10.3. The predicted molar refractivity (Wildman–Crippen MR) is 143 cm³/mol. The standard InChI is InChI=1S/C28H35N5O5S/c1-27(2,3)20(15-31-39(37,38)19-9-7-6-8-10-19)26(36)33-16-21-22(28(21,4)5)23(33)25(35)32-18(14-29)13-17-11-12-30-24(17)34/h6-10,17-18,20-23H,11-13,16H2,1-5H3,(H-,30,32,34,35)/p+1/t17-,18-,20?,21-,22?,23-/m0/s1. The van der Waals surface area contributed by atoms with E-state index in [0.29, 0.717) is 19.5 Å². The summed E-state index contributed by atoms with van der Waals surface area (Å²) >= 11 is 0. The Morgan fingerprint density at radius 3 is 2.49 bits per heavy atom. The molecule has 39 heavy (non-hydrogen) atoms. The molecule has 2 N–H and O–H groups in total. The Labute approximate surface area is 230 Å². The van der Waals surface area contributed by atoms with E-state index >= 15 is 0 Å². The van der Waals surface area contributed by atoms with Crippen LogP contribution in [0.15, 0.2) is 35.2 Å². The zero-order valence-electron chi connectivity index (χ0n) is 23.0. The fourth-order valence-electron chi connectivity index (χ4n) is 5.92. The van der Waals surface area contributed by atoms with E-state index < -0.39 is 45.3 Å². The molecule has 6 atom stereocenters. The Morgan fingerprint density at radius 1 is 1.26 bits per heavy atom. The number of piperidine rings is 1. The second-order valence-electron chi connectivity index (χ2n) is 12.4. The number of nitriles is 1. The summed E-state index contributed by atoms with van der Waals surface area (Å²) in [7, 11) is -4.06. The first kappa shape index (κ1) is 28.6. The Balaban J connectivity index is 1.58. The number of rotatable bonds is 6. The topological polar surface area (TPSA) is 141 Å². The van der Waals surface area contributed by atoms with Crippen molar-refractivity contribution >= 4 is 27.7 Å². The van der Waals surface area contributed by atoms with Gasteiger partial charge in [0.2, 0.25) is 17.7 Å². The molecule has 2 aliphatic heterocycles. The van der Waals surface area contributed by atoms with Crippen molar-refractivity contribution in [3.05, 3.63) is 34.6 Å². The molecule has 2 heterocycles. The lowest BCUT2D eigenvalue weighted by Gasteiger charge is -2.34. The van der Waals surface area contributed by atoms with Crippen LogP contribution in [-0.2, 0) is 24.4 Å². The summed E-state index contributed by atoms with van der Waals surface area (Å²) in [5, 5.41) is 15.2. The van der Waals surface area contributed by atoms with Crippen LogP contribution in [0.2, 0.25) is 0 Å². The summed E-state index contributed by atoms with van der Waals surface area (Å²) in [5.74, 6) is -2.36. The van der Waals surface area contributed by atoms with E-state index in [1.165, 1.54) is 17.0 Å². The molecule has 1 aromatic rings. The quantitative estimate of drug-likeness (QED) is 0.553. The SMILES string of the molecule is CC(C)(C)C(C#[N+]S(=O)(=O)c1ccccc1)C(=O)N1C[C@H]2C([C@H]1C(=O)N[C@H](C#N)C[C@@H]1CCNC1=O)C2(C)C. The van der Waals surface area contributed by atoms with Crippen molar-refractivity contribution in [2.75, 3.05) is 13.1 Å². The molecule has 2 saturated heterocycles. The molecule has 0 aromatic heterocycles. The maximum atomic E-state index is 13.9. The van der Waals surface area contributed by atoms with Gasteiger partial charge in [-0.3, -0.25) is 14.4 Å². The number of likely N-dealkylation sites (tertiary alicyclic amines) is 1. The largest absolute Gasteiger partial charge is 0.510 e. The summed E-state index contributed by atoms with van der Waals surface area (Å²) in [5.41, 5.74) is -0.890. The zero-order chi connectivity index (χ0) is 28.8. The first-order valence-corrected chi connectivity index (χ1v) is 14.7. The highest BCUT2D eigenvalue weighted by atomic mass is 32.2. The van der Waals surface area contributed by atoms with E-state index in [4.69, 9.17) is 0 Å². The number of amides is 3. The number of carbonyl (C=O) groups is 3. The number of sulfonamides is 1. The fourth-order valence-corrected chi connectivity index (χ4v) is 6.77. The van der Waals surface area contributed by atoms with Gasteiger partial charge in [-0.15, -0.1) is 8.42 Å². The highest BCUT2D eigenvalue weighted by Gasteiger charge is 2.70. The molecule has 1 aliphatic carbocycles. The molecule has 3 aliphatic rings. The van der Waals surface area contributed by atoms with Crippen molar-refractivity contribution in [3.63, 3.8) is 0 Å². The number of benzene rings is 1. The van der Waals surface area contributed by atoms with Gasteiger partial charge in [-0.2, -0.15) is 5.26 Å². The molecule has 1 saturated carbocycles. The maximum absolute atomic E-state index is 13.9. The third-order valence-electron chi connectivity index (χ3n) is 8.37. The van der Waals surface area contributed by atoms with Crippen molar-refractivity contribution < 1.29 is 22.8 Å². The van der Waals surface area contributed by atoms with Crippen molar-refractivity contribution in [1.29, 1.82) is 5.26 Å². The minimum absolute atomic E-state index is 0.00230. The van der Waals surface area contributed by atoms with Crippen LogP contribution in [0.4, 0.5) is 0 Å². The predicted octanol–water partition coefficient (Wildman–Crippen LogP) is 2.39. The van der Waals surface area contributed by atoms with Crippen molar-refractivity contribution in [2.24, 2.45) is 34.5 Å². The monoisotopic (exact) mass is 554 g/mol. The van der Waals surface area contributed by atoms with Gasteiger partial charge in [0.15, 0.2) is 10.8 Å². The summed E-state index contributed by atoms with van der Waals surface area (Å²) in [4.78, 5) is 41.0. The minimum atomic E-state index is -4.06. The first-order chi connectivity index (χ1) is 18.2.